The van der Waals surface area contributed by atoms with Gasteiger partial charge in [-0.25, -0.2) is 24.5 Å². The average molecular weight is 1470 g/mol. The Hall–Kier alpha value is -13.2. The van der Waals surface area contributed by atoms with Gasteiger partial charge < -0.3 is 25.3 Å². The highest BCUT2D eigenvalue weighted by Crippen LogP contribution is 2.29. The normalized spacial score (nSPS) is 15.0. The smallest absolute Gasteiger partial charge is 0.258 e. The fraction of sp³-hybridized carbons (Fsp3) is 0.232. The quantitative estimate of drug-likeness (QED) is 0.139. The molecule has 0 saturated carbocycles. The van der Waals surface area contributed by atoms with E-state index in [1.165, 1.54) is 11.6 Å². The van der Waals surface area contributed by atoms with Gasteiger partial charge in [-0.1, -0.05) is 24.3 Å². The molecule has 0 spiro atoms. The first-order valence-electron chi connectivity index (χ1n) is 36.7. The van der Waals surface area contributed by atoms with E-state index in [0.29, 0.717) is 51.1 Å². The van der Waals surface area contributed by atoms with Gasteiger partial charge in [0.25, 0.3) is 22.2 Å². The van der Waals surface area contributed by atoms with E-state index in [9.17, 15) is 19.2 Å². The van der Waals surface area contributed by atoms with Crippen molar-refractivity contribution < 1.29 is 9.15 Å². The summed E-state index contributed by atoms with van der Waals surface area (Å²) in [5.74, 6) is 0. The molecule has 2 N–H and O–H groups in total. The zero-order chi connectivity index (χ0) is 75.3. The summed E-state index contributed by atoms with van der Waals surface area (Å²) >= 11 is 0. The van der Waals surface area contributed by atoms with E-state index in [4.69, 9.17) is 15.0 Å². The molecule has 16 aromatic rings. The van der Waals surface area contributed by atoms with E-state index in [2.05, 4.69) is 110 Å². The lowest BCUT2D eigenvalue weighted by atomic mass is 10.0. The van der Waals surface area contributed by atoms with E-state index in [0.717, 1.165) is 168 Å². The van der Waals surface area contributed by atoms with Crippen LogP contribution in [0.1, 0.15) is 17.7 Å². The minimum atomic E-state index is -0.127. The Morgan fingerprint density at radius 3 is 1.50 bits per heavy atom. The predicted molar refractivity (Wildman–Crippen MR) is 429 cm³/mol. The fourth-order valence-electron chi connectivity index (χ4n) is 14.4. The Bertz CT molecular complexity index is 6540. The van der Waals surface area contributed by atoms with Crippen LogP contribution < -0.4 is 37.8 Å². The van der Waals surface area contributed by atoms with Crippen LogP contribution in [0.4, 0.5) is 17.1 Å². The predicted octanol–water partition coefficient (Wildman–Crippen LogP) is 7.56. The highest BCUT2D eigenvalue weighted by Gasteiger charge is 2.21. The number of pyridine rings is 4. The maximum absolute atomic E-state index is 12.8. The van der Waals surface area contributed by atoms with Gasteiger partial charge in [-0.15, -0.1) is 0 Å². The number of hydrogen-bond donors (Lipinski definition) is 2. The van der Waals surface area contributed by atoms with Crippen molar-refractivity contribution in [3.8, 4) is 45.2 Å². The topological polar surface area (TPSA) is 261 Å². The Morgan fingerprint density at radius 2 is 0.945 bits per heavy atom. The van der Waals surface area contributed by atoms with Gasteiger partial charge in [0.05, 0.1) is 113 Å². The molecular weight excluding hydrogens is 1390 g/mol. The molecule has 13 aromatic heterocycles. The minimum Gasteiger partial charge on any atom is -0.368 e. The molecule has 0 atom stereocenters. The summed E-state index contributed by atoms with van der Waals surface area (Å²) in [4.78, 5) is 81.0. The summed E-state index contributed by atoms with van der Waals surface area (Å²) in [5, 5.41) is 27.3. The molecule has 0 bridgehead atoms. The number of hydrogen-bond acceptors (Lipinski definition) is 18. The van der Waals surface area contributed by atoms with Gasteiger partial charge in [-0.2, -0.15) is 29.5 Å². The van der Waals surface area contributed by atoms with Crippen molar-refractivity contribution in [2.45, 2.75) is 13.3 Å². The minimum absolute atomic E-state index is 0.0674. The SMILES string of the molecule is CN1CC=C(c2ccc3nc(-c4ccc5nn(C)cc5c4)cc(=O)n3c2)CC1.CN1CCN(c2ccc3nc(-c4ccc5c(cnn5C)c4)cc(=O)n3c2)CC1.Cc1cn2nc(-c3cc(=O)n4cc([N+]5=CCNCC5)ccc4n3)cc2cn1.Cn1cc2cc(-c3cc(=O)n4cc([N+]5=CCNCC5)ccc4n3)ccc2n1. The molecule has 17 heterocycles. The molecule has 0 radical (unpaired) electrons. The van der Waals surface area contributed by atoms with Gasteiger partial charge in [0.2, 0.25) is 11.4 Å². The van der Waals surface area contributed by atoms with E-state index in [1.807, 2.05) is 179 Å². The van der Waals surface area contributed by atoms with Crippen LogP contribution in [-0.4, -0.2) is 205 Å². The molecule has 28 nitrogen and oxygen atoms in total. The largest absolute Gasteiger partial charge is 0.368 e. The Morgan fingerprint density at radius 1 is 0.436 bits per heavy atom. The molecule has 0 unspecified atom stereocenters. The highest BCUT2D eigenvalue weighted by molar-refractivity contribution is 5.86. The van der Waals surface area contributed by atoms with Crippen LogP contribution in [0.15, 0.2) is 214 Å². The number of nitrogens with one attached hydrogen (secondary N) is 2. The molecule has 110 heavy (non-hydrogen) atoms. The standard InChI is InChI=1S/C22H21N5O.C21H22N6O.C20H19N6O.C19H18N7O/c1-25-9-7-15(8-10-25)17-4-6-21-23-20(12-22(28)27(21)14-17)16-3-5-19-18(11-16)13-26(2)24-19;1-24-7-9-26(10-8-24)17-4-6-20-23-18(12-21(28)27(20)14-17)15-3-5-19-16(11-15)13-22-25(19)2;1-24-12-15-10-14(2-4-17(15)23-24)18-11-20(27)26-13-16(3-5-19(26)22-18)25-8-6-21-7-9-25;1-13-11-26-15(10-21-13)8-17(23-26)16-9-19(27)25-12-14(2-3-18(25)22-16)24-6-4-20-5-7-24/h3-7,11-14H,8-10H2,1-2H3;3-6,11-14H,7-10H2,1-2H3;2-5,8,10-13,21H,6-7,9H2,1H3;2-3,6,8-12,20H,4-5,7H2,1H3/q;;2*+1. The van der Waals surface area contributed by atoms with E-state index < -0.39 is 0 Å². The van der Waals surface area contributed by atoms with Gasteiger partial charge in [0.15, 0.2) is 25.5 Å². The van der Waals surface area contributed by atoms with Crippen LogP contribution in [0.25, 0.3) is 112 Å². The molecule has 0 aliphatic carbocycles. The van der Waals surface area contributed by atoms with Crippen molar-refractivity contribution in [3.63, 3.8) is 0 Å². The zero-order valence-corrected chi connectivity index (χ0v) is 61.8. The van der Waals surface area contributed by atoms with Gasteiger partial charge in [-0.3, -0.25) is 55.8 Å². The third-order valence-electron chi connectivity index (χ3n) is 20.5. The summed E-state index contributed by atoms with van der Waals surface area (Å²) in [5.41, 5.74) is 18.3. The molecule has 0 amide bonds. The molecule has 4 aliphatic heterocycles. The summed E-state index contributed by atoms with van der Waals surface area (Å²) in [6.07, 6.45) is 24.3. The van der Waals surface area contributed by atoms with Gasteiger partial charge in [-0.05, 0) is 117 Å². The lowest BCUT2D eigenvalue weighted by molar-refractivity contribution is -0.438. The second kappa shape index (κ2) is 29.5. The number of piperazine rings is 1. The molecule has 3 aromatic carbocycles. The number of nitrogens with zero attached hydrogens (tertiary/aromatic N) is 22. The summed E-state index contributed by atoms with van der Waals surface area (Å²) < 4.78 is 17.9. The van der Waals surface area contributed by atoms with Crippen LogP contribution in [0.5, 0.6) is 0 Å². The summed E-state index contributed by atoms with van der Waals surface area (Å²) in [6, 6.07) is 41.9. The molecule has 1 saturated heterocycles. The second-order valence-electron chi connectivity index (χ2n) is 28.2. The van der Waals surface area contributed by atoms with Crippen LogP contribution in [0.2, 0.25) is 0 Å². The maximum Gasteiger partial charge on any atom is 0.258 e. The molecule has 4 aliphatic rings. The van der Waals surface area contributed by atoms with Crippen molar-refractivity contribution >= 4 is 95.9 Å². The first-order chi connectivity index (χ1) is 53.5. The van der Waals surface area contributed by atoms with Crippen molar-refractivity contribution in [1.82, 2.24) is 102 Å². The Balaban J connectivity index is 0.000000107. The van der Waals surface area contributed by atoms with E-state index in [1.54, 1.807) is 55.9 Å². The third kappa shape index (κ3) is 14.5. The number of likely N-dealkylation sites (N-methyl/N-ethyl adjacent to an activating group) is 2. The van der Waals surface area contributed by atoms with Gasteiger partial charge >= 0.3 is 0 Å². The van der Waals surface area contributed by atoms with Gasteiger partial charge in [0.1, 0.15) is 28.3 Å². The molecule has 28 heteroatoms. The first kappa shape index (κ1) is 69.9. The monoisotopic (exact) mass is 1460 g/mol. The molecular formula is C82H80N24O4+2. The van der Waals surface area contributed by atoms with Gasteiger partial charge in [0, 0.05) is 154 Å². The van der Waals surface area contributed by atoms with Crippen molar-refractivity contribution in [2.75, 3.05) is 97.5 Å². The van der Waals surface area contributed by atoms with E-state index >= 15 is 0 Å². The van der Waals surface area contributed by atoms with Crippen LogP contribution in [0.3, 0.4) is 0 Å². The van der Waals surface area contributed by atoms with E-state index in [-0.39, 0.29) is 22.2 Å². The fourth-order valence-corrected chi connectivity index (χ4v) is 14.4. The lowest BCUT2D eigenvalue weighted by Crippen LogP contribution is -2.44. The van der Waals surface area contributed by atoms with Crippen molar-refractivity contribution in [1.29, 1.82) is 0 Å². The van der Waals surface area contributed by atoms with Crippen LogP contribution in [-0.2, 0) is 21.1 Å². The number of aromatic nitrogens is 17. The second-order valence-corrected chi connectivity index (χ2v) is 28.2. The summed E-state index contributed by atoms with van der Waals surface area (Å²) in [6.45, 7) is 13.1. The molecule has 550 valence electrons. The first-order valence-corrected chi connectivity index (χ1v) is 36.7. The number of fused-ring (bicyclic) bond motifs is 8. The zero-order valence-electron chi connectivity index (χ0n) is 61.8. The van der Waals surface area contributed by atoms with Crippen molar-refractivity contribution in [3.05, 3.63) is 248 Å². The Labute approximate surface area is 629 Å². The number of benzene rings is 3. The summed E-state index contributed by atoms with van der Waals surface area (Å²) in [7, 11) is 9.97. The molecule has 20 rings (SSSR count). The molecule has 1 fully saturated rings. The Kier molecular flexibility index (Phi) is 18.8. The third-order valence-corrected chi connectivity index (χ3v) is 20.5. The lowest BCUT2D eigenvalue weighted by Gasteiger charge is -2.34. The van der Waals surface area contributed by atoms with Crippen molar-refractivity contribution in [2.24, 2.45) is 21.1 Å². The number of rotatable bonds is 8. The highest BCUT2D eigenvalue weighted by atomic mass is 16.1. The average Bonchev–Trinajstić information content (AvgIpc) is 1.17. The number of aryl methyl sites for hydroxylation is 4. The number of anilines is 1. The van der Waals surface area contributed by atoms with Crippen LogP contribution in [0, 0.1) is 6.92 Å². The van der Waals surface area contributed by atoms with Crippen LogP contribution >= 0.6 is 0 Å². The maximum atomic E-state index is 12.8.